The smallest absolute Gasteiger partial charge is 0.340 e. The largest absolute Gasteiger partial charge is 0.347 e. The minimum absolute atomic E-state index is 0.0741. The maximum absolute atomic E-state index is 12.4. The van der Waals surface area contributed by atoms with Crippen LogP contribution in [0, 0.1) is 0 Å². The quantitative estimate of drug-likeness (QED) is 0.710. The highest BCUT2D eigenvalue weighted by Gasteiger charge is 2.26. The number of nitrogens with zero attached hydrogens (tertiary/aromatic N) is 4. The summed E-state index contributed by atoms with van der Waals surface area (Å²) < 4.78 is 27.3. The summed E-state index contributed by atoms with van der Waals surface area (Å²) in [5.41, 5.74) is -0.468. The van der Waals surface area contributed by atoms with Gasteiger partial charge in [0.25, 0.3) is 0 Å². The summed E-state index contributed by atoms with van der Waals surface area (Å²) in [6.07, 6.45) is 4.98. The van der Waals surface area contributed by atoms with Crippen LogP contribution in [0.2, 0.25) is 0 Å². The molecule has 0 radical (unpaired) electrons. The molecule has 1 aromatic rings. The predicted molar refractivity (Wildman–Crippen MR) is 90.0 cm³/mol. The summed E-state index contributed by atoms with van der Waals surface area (Å²) in [7, 11) is -3.25. The first-order valence-corrected chi connectivity index (χ1v) is 9.82. The number of rotatable bonds is 6. The molecule has 8 nitrogen and oxygen atoms in total. The molecule has 1 amide bonds. The molecule has 0 aromatic carbocycles. The van der Waals surface area contributed by atoms with Crippen molar-refractivity contribution in [3.8, 4) is 0 Å². The first-order valence-electron chi connectivity index (χ1n) is 8.21. The number of hydrogen-bond acceptors (Lipinski definition) is 5. The average molecular weight is 356 g/mol. The van der Waals surface area contributed by atoms with Crippen LogP contribution in [0.25, 0.3) is 0 Å². The second-order valence-electron chi connectivity index (χ2n) is 5.83. The van der Waals surface area contributed by atoms with E-state index in [1.54, 1.807) is 11.0 Å². The van der Waals surface area contributed by atoms with Crippen molar-refractivity contribution < 1.29 is 13.2 Å². The Morgan fingerprint density at radius 2 is 2.04 bits per heavy atom. The standard InChI is InChI=1S/C15H24N4O4S/c1-2-3-12-24(22,23)19-9-5-8-17(10-11-19)14(20)13-18-7-4-6-16-15(18)21/h4,6-7H,2-3,5,8-13H2,1H3. The zero-order valence-corrected chi connectivity index (χ0v) is 14.7. The van der Waals surface area contributed by atoms with Gasteiger partial charge in [0.05, 0.1) is 5.75 Å². The van der Waals surface area contributed by atoms with E-state index in [0.717, 1.165) is 6.42 Å². The van der Waals surface area contributed by atoms with Crippen LogP contribution >= 0.6 is 0 Å². The normalized spacial score (nSPS) is 16.8. The first kappa shape index (κ1) is 18.6. The fourth-order valence-electron chi connectivity index (χ4n) is 2.63. The highest BCUT2D eigenvalue weighted by atomic mass is 32.2. The molecule has 1 aliphatic rings. The molecule has 2 rings (SSSR count). The van der Waals surface area contributed by atoms with Crippen molar-refractivity contribution in [2.75, 3.05) is 31.9 Å². The molecule has 24 heavy (non-hydrogen) atoms. The fraction of sp³-hybridized carbons (Fsp3) is 0.667. The Morgan fingerprint density at radius 3 is 2.75 bits per heavy atom. The molecule has 0 atom stereocenters. The number of sulfonamides is 1. The van der Waals surface area contributed by atoms with Gasteiger partial charge in [-0.1, -0.05) is 13.3 Å². The summed E-state index contributed by atoms with van der Waals surface area (Å²) in [6.45, 7) is 3.46. The number of amides is 1. The summed E-state index contributed by atoms with van der Waals surface area (Å²) in [6, 6.07) is 1.60. The van der Waals surface area contributed by atoms with Crippen molar-refractivity contribution in [3.63, 3.8) is 0 Å². The molecular weight excluding hydrogens is 332 g/mol. The SMILES string of the molecule is CCCCS(=O)(=O)N1CCCN(C(=O)Cn2cccnc2=O)CC1. The Morgan fingerprint density at radius 1 is 1.25 bits per heavy atom. The van der Waals surface area contributed by atoms with E-state index in [1.165, 1.54) is 21.3 Å². The van der Waals surface area contributed by atoms with E-state index in [-0.39, 0.29) is 18.2 Å². The van der Waals surface area contributed by atoms with Crippen LogP contribution in [0.5, 0.6) is 0 Å². The number of aromatic nitrogens is 2. The van der Waals surface area contributed by atoms with E-state index < -0.39 is 15.7 Å². The molecule has 1 fully saturated rings. The third-order valence-corrected chi connectivity index (χ3v) is 6.00. The second-order valence-corrected chi connectivity index (χ2v) is 7.92. The molecule has 0 spiro atoms. The van der Waals surface area contributed by atoms with E-state index in [1.807, 2.05) is 6.92 Å². The molecule has 1 saturated heterocycles. The zero-order chi connectivity index (χ0) is 17.6. The highest BCUT2D eigenvalue weighted by molar-refractivity contribution is 7.89. The van der Waals surface area contributed by atoms with Crippen molar-refractivity contribution in [2.45, 2.75) is 32.7 Å². The van der Waals surface area contributed by atoms with Crippen LogP contribution in [-0.4, -0.2) is 65.0 Å². The summed E-state index contributed by atoms with van der Waals surface area (Å²) in [5, 5.41) is 0. The Labute approximate surface area is 142 Å². The Bertz CT molecular complexity index is 716. The third-order valence-electron chi connectivity index (χ3n) is 4.05. The van der Waals surface area contributed by atoms with Crippen LogP contribution < -0.4 is 5.69 Å². The lowest BCUT2D eigenvalue weighted by Crippen LogP contribution is -2.40. The predicted octanol–water partition coefficient (Wildman–Crippen LogP) is -0.0925. The highest BCUT2D eigenvalue weighted by Crippen LogP contribution is 2.11. The van der Waals surface area contributed by atoms with Gasteiger partial charge in [0.15, 0.2) is 0 Å². The summed E-state index contributed by atoms with van der Waals surface area (Å²) in [4.78, 5) is 29.2. The molecule has 9 heteroatoms. The van der Waals surface area contributed by atoms with E-state index in [4.69, 9.17) is 0 Å². The monoisotopic (exact) mass is 356 g/mol. The van der Waals surface area contributed by atoms with Gasteiger partial charge in [0.1, 0.15) is 6.54 Å². The lowest BCUT2D eigenvalue weighted by molar-refractivity contribution is -0.131. The Kier molecular flexibility index (Phi) is 6.50. The molecule has 0 aliphatic carbocycles. The molecule has 1 aromatic heterocycles. The third kappa shape index (κ3) is 4.88. The van der Waals surface area contributed by atoms with Gasteiger partial charge in [0, 0.05) is 38.6 Å². The van der Waals surface area contributed by atoms with Crippen LogP contribution in [0.3, 0.4) is 0 Å². The van der Waals surface area contributed by atoms with Crippen LogP contribution in [-0.2, 0) is 21.4 Å². The number of unbranched alkanes of at least 4 members (excludes halogenated alkanes) is 1. The molecule has 134 valence electrons. The van der Waals surface area contributed by atoms with E-state index in [0.29, 0.717) is 39.0 Å². The van der Waals surface area contributed by atoms with Crippen LogP contribution in [0.1, 0.15) is 26.2 Å². The van der Waals surface area contributed by atoms with Crippen molar-refractivity contribution >= 4 is 15.9 Å². The maximum atomic E-state index is 12.4. The van der Waals surface area contributed by atoms with Crippen LogP contribution in [0.15, 0.2) is 23.3 Å². The minimum Gasteiger partial charge on any atom is -0.340 e. The van der Waals surface area contributed by atoms with Gasteiger partial charge in [-0.15, -0.1) is 0 Å². The lowest BCUT2D eigenvalue weighted by atomic mass is 10.4. The fourth-order valence-corrected chi connectivity index (χ4v) is 4.31. The van der Waals surface area contributed by atoms with Crippen molar-refractivity contribution in [1.29, 1.82) is 0 Å². The lowest BCUT2D eigenvalue weighted by Gasteiger charge is -2.22. The van der Waals surface area contributed by atoms with Gasteiger partial charge in [-0.2, -0.15) is 0 Å². The van der Waals surface area contributed by atoms with Gasteiger partial charge >= 0.3 is 5.69 Å². The Hall–Kier alpha value is -1.74. The van der Waals surface area contributed by atoms with Crippen molar-refractivity contribution in [2.24, 2.45) is 0 Å². The Balaban J connectivity index is 1.96. The summed E-state index contributed by atoms with van der Waals surface area (Å²) in [5.74, 6) is -0.0411. The van der Waals surface area contributed by atoms with Gasteiger partial charge in [0.2, 0.25) is 15.9 Å². The molecule has 1 aliphatic heterocycles. The molecule has 0 bridgehead atoms. The van der Waals surface area contributed by atoms with Crippen molar-refractivity contribution in [1.82, 2.24) is 18.8 Å². The molecule has 0 N–H and O–H groups in total. The number of carbonyl (C=O) groups is 1. The summed E-state index contributed by atoms with van der Waals surface area (Å²) >= 11 is 0. The van der Waals surface area contributed by atoms with Gasteiger partial charge in [-0.25, -0.2) is 22.5 Å². The van der Waals surface area contributed by atoms with Crippen molar-refractivity contribution in [3.05, 3.63) is 28.9 Å². The second kappa shape index (κ2) is 8.39. The maximum Gasteiger partial charge on any atom is 0.347 e. The van der Waals surface area contributed by atoms with Crippen LogP contribution in [0.4, 0.5) is 0 Å². The molecule has 0 unspecified atom stereocenters. The zero-order valence-electron chi connectivity index (χ0n) is 13.9. The first-order chi connectivity index (χ1) is 11.4. The molecule has 0 saturated carbocycles. The number of carbonyl (C=O) groups excluding carboxylic acids is 1. The van der Waals surface area contributed by atoms with E-state index in [2.05, 4.69) is 4.98 Å². The molecule has 2 heterocycles. The van der Waals surface area contributed by atoms with E-state index >= 15 is 0 Å². The topological polar surface area (TPSA) is 92.6 Å². The van der Waals surface area contributed by atoms with E-state index in [9.17, 15) is 18.0 Å². The number of hydrogen-bond donors (Lipinski definition) is 0. The van der Waals surface area contributed by atoms with Gasteiger partial charge in [-0.05, 0) is 18.9 Å². The minimum atomic E-state index is -3.25. The average Bonchev–Trinajstić information content (AvgIpc) is 2.82. The van der Waals surface area contributed by atoms with Gasteiger partial charge in [-0.3, -0.25) is 9.36 Å². The van der Waals surface area contributed by atoms with Gasteiger partial charge < -0.3 is 4.90 Å². The molecular formula is C15H24N4O4S.